The van der Waals surface area contributed by atoms with Gasteiger partial charge in [0, 0.05) is 11.5 Å². The molecular formula is C23H30BrClN4O3. The Kier molecular flexibility index (Phi) is 20.5. The van der Waals surface area contributed by atoms with E-state index in [1.807, 2.05) is 50.2 Å². The molecule has 0 spiro atoms. The Hall–Kier alpha value is -3.10. The van der Waals surface area contributed by atoms with E-state index in [2.05, 4.69) is 44.2 Å². The lowest BCUT2D eigenvalue weighted by Crippen LogP contribution is -2.30. The highest BCUT2D eigenvalue weighted by molar-refractivity contribution is 9.11. The molecule has 0 unspecified atom stereocenters. The fraction of sp³-hybridized carbons (Fsp3) is 0.174. The molecule has 5 N–H and O–H groups in total. The van der Waals surface area contributed by atoms with Crippen LogP contribution < -0.4 is 21.7 Å². The monoisotopic (exact) mass is 524 g/mol. The maximum absolute atomic E-state index is 11.8. The maximum Gasteiger partial charge on any atom is 0.258 e. The van der Waals surface area contributed by atoms with Crippen molar-refractivity contribution in [3.05, 3.63) is 94.2 Å². The summed E-state index contributed by atoms with van der Waals surface area (Å²) in [5.41, 5.74) is 5.07. The average Bonchev–Trinajstić information content (AvgIpc) is 2.78. The number of carbonyl (C=O) groups excluding carboxylic acids is 3. The van der Waals surface area contributed by atoms with Crippen LogP contribution >= 0.6 is 27.5 Å². The molecule has 0 aromatic heterocycles. The van der Waals surface area contributed by atoms with Crippen molar-refractivity contribution in [2.45, 2.75) is 13.8 Å². The molecule has 0 saturated heterocycles. The molecule has 2 aromatic rings. The van der Waals surface area contributed by atoms with E-state index in [9.17, 15) is 14.4 Å². The van der Waals surface area contributed by atoms with E-state index in [0.717, 1.165) is 4.48 Å². The third-order valence-corrected chi connectivity index (χ3v) is 3.70. The molecule has 0 aliphatic carbocycles. The first-order valence-corrected chi connectivity index (χ1v) is 10.5. The minimum absolute atomic E-state index is 0.0799. The zero-order valence-electron chi connectivity index (χ0n) is 18.4. The maximum atomic E-state index is 11.8. The summed E-state index contributed by atoms with van der Waals surface area (Å²) in [5, 5.41) is 8.13. The number of hydrogen-bond donors (Lipinski definition) is 4. The lowest BCUT2D eigenvalue weighted by atomic mass is 10.2. The number of rotatable bonds is 6. The smallest absolute Gasteiger partial charge is 0.258 e. The number of benzene rings is 2. The third-order valence-electron chi connectivity index (χ3n) is 2.98. The Labute approximate surface area is 203 Å². The molecule has 2 aromatic carbocycles. The molecule has 0 heterocycles. The van der Waals surface area contributed by atoms with E-state index in [0.29, 0.717) is 22.8 Å². The molecule has 0 atom stereocenters. The van der Waals surface area contributed by atoms with Crippen LogP contribution in [0.3, 0.4) is 0 Å². The Morgan fingerprint density at radius 1 is 1.09 bits per heavy atom. The van der Waals surface area contributed by atoms with Gasteiger partial charge in [0.15, 0.2) is 0 Å². The topological polar surface area (TPSA) is 113 Å². The first-order chi connectivity index (χ1) is 15.2. The standard InChI is InChI=1S/C11H12BrClN2O.C6H6.C3H6N2O2.C3H6/c1-7(12)10(14-2)15-11(16)8-5-3-4-6-9(8)13;1-2-4-6-5-3-1;4-3(7)1-5-2-6;1-3-2/h3-6,14H,1-2H3,(H,15,16);1-6H;2H,1H2,(H2,4,7)(H,5,6);3H,1H2,2H3/b10-7-;;;. The quantitative estimate of drug-likeness (QED) is 0.337. The summed E-state index contributed by atoms with van der Waals surface area (Å²) >= 11 is 9.21. The zero-order valence-corrected chi connectivity index (χ0v) is 20.7. The van der Waals surface area contributed by atoms with Gasteiger partial charge in [-0.25, -0.2) is 0 Å². The minimum atomic E-state index is -0.535. The van der Waals surface area contributed by atoms with E-state index in [4.69, 9.17) is 11.6 Å². The van der Waals surface area contributed by atoms with Gasteiger partial charge in [0.1, 0.15) is 5.82 Å². The van der Waals surface area contributed by atoms with Crippen molar-refractivity contribution in [1.29, 1.82) is 0 Å². The molecule has 32 heavy (non-hydrogen) atoms. The van der Waals surface area contributed by atoms with Crippen molar-refractivity contribution < 1.29 is 14.4 Å². The van der Waals surface area contributed by atoms with Crippen LogP contribution in [0.25, 0.3) is 0 Å². The van der Waals surface area contributed by atoms with Crippen LogP contribution in [0.2, 0.25) is 5.02 Å². The molecule has 174 valence electrons. The summed E-state index contributed by atoms with van der Waals surface area (Å²) in [4.78, 5) is 31.0. The fourth-order valence-corrected chi connectivity index (χ4v) is 2.19. The normalized spacial score (nSPS) is 9.41. The van der Waals surface area contributed by atoms with Crippen molar-refractivity contribution in [1.82, 2.24) is 16.0 Å². The summed E-state index contributed by atoms with van der Waals surface area (Å²) < 4.78 is 0.815. The Morgan fingerprint density at radius 2 is 1.56 bits per heavy atom. The number of nitrogens with one attached hydrogen (secondary N) is 3. The first-order valence-electron chi connectivity index (χ1n) is 9.37. The van der Waals surface area contributed by atoms with Crippen molar-refractivity contribution >= 4 is 45.8 Å². The summed E-state index contributed by atoms with van der Waals surface area (Å²) in [6.45, 7) is 7.00. The van der Waals surface area contributed by atoms with E-state index in [-0.39, 0.29) is 12.5 Å². The van der Waals surface area contributed by atoms with Crippen LogP contribution in [0.15, 0.2) is 83.6 Å². The van der Waals surface area contributed by atoms with E-state index >= 15 is 0 Å². The van der Waals surface area contributed by atoms with Gasteiger partial charge < -0.3 is 21.7 Å². The number of halogens is 2. The third kappa shape index (κ3) is 17.7. The lowest BCUT2D eigenvalue weighted by molar-refractivity contribution is -0.119. The molecule has 0 radical (unpaired) electrons. The average molecular weight is 526 g/mol. The zero-order chi connectivity index (χ0) is 24.8. The highest BCUT2D eigenvalue weighted by atomic mass is 79.9. The van der Waals surface area contributed by atoms with Gasteiger partial charge in [-0.15, -0.1) is 6.58 Å². The largest absolute Gasteiger partial charge is 0.374 e. The number of hydrogen-bond acceptors (Lipinski definition) is 4. The second-order valence-electron chi connectivity index (χ2n) is 5.62. The minimum Gasteiger partial charge on any atom is -0.374 e. The van der Waals surface area contributed by atoms with E-state index < -0.39 is 5.91 Å². The van der Waals surface area contributed by atoms with Crippen LogP contribution in [0.1, 0.15) is 24.2 Å². The molecule has 3 amide bonds. The van der Waals surface area contributed by atoms with Crippen LogP contribution in [-0.4, -0.2) is 31.8 Å². The first kappa shape index (κ1) is 31.1. The van der Waals surface area contributed by atoms with Gasteiger partial charge >= 0.3 is 0 Å². The Morgan fingerprint density at radius 3 is 1.88 bits per heavy atom. The molecule has 7 nitrogen and oxygen atoms in total. The SMILES string of the molecule is C=CC.CN/C(NC(=O)c1ccccc1Cl)=C(\C)Br.NC(=O)CNC=O.c1ccccc1. The summed E-state index contributed by atoms with van der Waals surface area (Å²) in [5.74, 6) is -0.161. The summed E-state index contributed by atoms with van der Waals surface area (Å²) in [6.07, 6.45) is 2.17. The highest BCUT2D eigenvalue weighted by Crippen LogP contribution is 2.15. The second kappa shape index (κ2) is 21.1. The molecular weight excluding hydrogens is 496 g/mol. The highest BCUT2D eigenvalue weighted by Gasteiger charge is 2.11. The van der Waals surface area contributed by atoms with Gasteiger partial charge in [0.2, 0.25) is 12.3 Å². The van der Waals surface area contributed by atoms with Crippen LogP contribution in [0.4, 0.5) is 0 Å². The van der Waals surface area contributed by atoms with Gasteiger partial charge in [0.25, 0.3) is 5.91 Å². The molecule has 0 bridgehead atoms. The number of primary amides is 1. The molecule has 2 rings (SSSR count). The lowest BCUT2D eigenvalue weighted by Gasteiger charge is -2.11. The van der Waals surface area contributed by atoms with E-state index in [1.54, 1.807) is 37.4 Å². The Balaban J connectivity index is 0. The predicted molar refractivity (Wildman–Crippen MR) is 135 cm³/mol. The number of allylic oxidation sites excluding steroid dienone is 2. The number of carbonyl (C=O) groups is 3. The second-order valence-corrected chi connectivity index (χ2v) is 7.22. The van der Waals surface area contributed by atoms with Gasteiger partial charge in [0.05, 0.1) is 17.1 Å². The molecule has 0 fully saturated rings. The van der Waals surface area contributed by atoms with Crippen LogP contribution in [-0.2, 0) is 9.59 Å². The van der Waals surface area contributed by atoms with Crippen molar-refractivity contribution in [3.8, 4) is 0 Å². The van der Waals surface area contributed by atoms with Gasteiger partial charge in [-0.2, -0.15) is 0 Å². The van der Waals surface area contributed by atoms with E-state index in [1.165, 1.54) is 0 Å². The van der Waals surface area contributed by atoms with Gasteiger partial charge in [-0.05, 0) is 26.0 Å². The summed E-state index contributed by atoms with van der Waals surface area (Å²) in [6, 6.07) is 18.9. The van der Waals surface area contributed by atoms with Gasteiger partial charge in [-0.1, -0.05) is 82.1 Å². The number of nitrogens with two attached hydrogens (primary N) is 1. The summed E-state index contributed by atoms with van der Waals surface area (Å²) in [7, 11) is 1.73. The van der Waals surface area contributed by atoms with Crippen molar-refractivity contribution in [2.24, 2.45) is 5.73 Å². The van der Waals surface area contributed by atoms with Crippen molar-refractivity contribution in [2.75, 3.05) is 13.6 Å². The molecule has 9 heteroatoms. The molecule has 0 aliphatic rings. The van der Waals surface area contributed by atoms with Crippen LogP contribution in [0.5, 0.6) is 0 Å². The van der Waals surface area contributed by atoms with Gasteiger partial charge in [-0.3, -0.25) is 14.4 Å². The van der Waals surface area contributed by atoms with Crippen molar-refractivity contribution in [3.63, 3.8) is 0 Å². The van der Waals surface area contributed by atoms with Crippen LogP contribution in [0, 0.1) is 0 Å². The molecule has 0 saturated carbocycles. The fourth-order valence-electron chi connectivity index (χ4n) is 1.67. The molecule has 0 aliphatic heterocycles. The predicted octanol–water partition coefficient (Wildman–Crippen LogP) is 3.97. The number of amides is 3. The Bertz CT molecular complexity index is 815.